The molecule has 0 saturated carbocycles. The summed E-state index contributed by atoms with van der Waals surface area (Å²) in [7, 11) is 0. The van der Waals surface area contributed by atoms with Gasteiger partial charge in [0, 0.05) is 5.02 Å². The van der Waals surface area contributed by atoms with Crippen molar-refractivity contribution in [2.24, 2.45) is 5.41 Å². The lowest BCUT2D eigenvalue weighted by molar-refractivity contribution is -0.150. The van der Waals surface area contributed by atoms with Crippen LogP contribution in [0.1, 0.15) is 39.5 Å². The summed E-state index contributed by atoms with van der Waals surface area (Å²) >= 11 is 5.78. The molecular formula is C15H21ClO3. The van der Waals surface area contributed by atoms with Crippen molar-refractivity contribution in [2.75, 3.05) is 6.61 Å². The molecule has 0 saturated heterocycles. The van der Waals surface area contributed by atoms with Gasteiger partial charge >= 0.3 is 5.97 Å². The zero-order valence-corrected chi connectivity index (χ0v) is 12.2. The Morgan fingerprint density at radius 3 is 2.32 bits per heavy atom. The van der Waals surface area contributed by atoms with Crippen LogP contribution in [0.15, 0.2) is 24.3 Å². The number of carbonyl (C=O) groups is 1. The van der Waals surface area contributed by atoms with Gasteiger partial charge in [0.15, 0.2) is 0 Å². The van der Waals surface area contributed by atoms with Gasteiger partial charge < -0.3 is 9.84 Å². The number of benzene rings is 1. The average molecular weight is 285 g/mol. The maximum absolute atomic E-state index is 11.3. The molecule has 0 bridgehead atoms. The number of hydrogen-bond donors (Lipinski definition) is 1. The van der Waals surface area contributed by atoms with E-state index in [1.165, 1.54) is 0 Å². The minimum Gasteiger partial charge on any atom is -0.494 e. The lowest BCUT2D eigenvalue weighted by atomic mass is 9.78. The molecule has 1 N–H and O–H groups in total. The number of carboxylic acid groups (broad SMARTS) is 1. The van der Waals surface area contributed by atoms with Crippen molar-refractivity contribution >= 4 is 17.6 Å². The largest absolute Gasteiger partial charge is 0.494 e. The van der Waals surface area contributed by atoms with Gasteiger partial charge in [-0.05, 0) is 49.9 Å². The van der Waals surface area contributed by atoms with Crippen LogP contribution in [0.2, 0.25) is 5.02 Å². The van der Waals surface area contributed by atoms with E-state index >= 15 is 0 Å². The van der Waals surface area contributed by atoms with Gasteiger partial charge in [0.1, 0.15) is 5.75 Å². The van der Waals surface area contributed by atoms with Gasteiger partial charge in [-0.2, -0.15) is 0 Å². The fraction of sp³-hybridized carbons (Fsp3) is 0.533. The first-order valence-corrected chi connectivity index (χ1v) is 7.03. The van der Waals surface area contributed by atoms with Gasteiger partial charge in [-0.3, -0.25) is 4.79 Å². The van der Waals surface area contributed by atoms with Crippen LogP contribution in [-0.2, 0) is 4.79 Å². The summed E-state index contributed by atoms with van der Waals surface area (Å²) in [5.74, 6) is 0.0577. The fourth-order valence-corrected chi connectivity index (χ4v) is 2.27. The number of carboxylic acids is 1. The van der Waals surface area contributed by atoms with Crippen LogP contribution in [0.5, 0.6) is 5.75 Å². The molecule has 0 spiro atoms. The van der Waals surface area contributed by atoms with Crippen molar-refractivity contribution < 1.29 is 14.6 Å². The Hall–Kier alpha value is -1.22. The third-order valence-corrected chi connectivity index (χ3v) is 3.94. The Morgan fingerprint density at radius 1 is 1.26 bits per heavy atom. The minimum atomic E-state index is -0.705. The van der Waals surface area contributed by atoms with Crippen LogP contribution in [0.4, 0.5) is 0 Å². The van der Waals surface area contributed by atoms with Crippen LogP contribution in [-0.4, -0.2) is 17.7 Å². The lowest BCUT2D eigenvalue weighted by Gasteiger charge is -2.26. The second-order valence-corrected chi connectivity index (χ2v) is 5.13. The van der Waals surface area contributed by atoms with Crippen LogP contribution in [0, 0.1) is 5.41 Å². The number of hydrogen-bond acceptors (Lipinski definition) is 2. The smallest absolute Gasteiger partial charge is 0.309 e. The van der Waals surface area contributed by atoms with E-state index in [1.54, 1.807) is 12.1 Å². The second-order valence-electron chi connectivity index (χ2n) is 4.70. The first-order chi connectivity index (χ1) is 9.04. The monoisotopic (exact) mass is 284 g/mol. The highest BCUT2D eigenvalue weighted by Gasteiger charge is 2.33. The van der Waals surface area contributed by atoms with Crippen molar-refractivity contribution in [2.45, 2.75) is 39.5 Å². The predicted molar refractivity (Wildman–Crippen MR) is 76.8 cm³/mol. The fourth-order valence-electron chi connectivity index (χ4n) is 2.14. The molecule has 106 valence electrons. The maximum Gasteiger partial charge on any atom is 0.309 e. The van der Waals surface area contributed by atoms with Crippen LogP contribution in [0.3, 0.4) is 0 Å². The van der Waals surface area contributed by atoms with E-state index in [0.717, 1.165) is 12.2 Å². The molecule has 0 aliphatic heterocycles. The molecule has 1 aromatic rings. The molecule has 0 fully saturated rings. The zero-order chi connectivity index (χ0) is 14.3. The van der Waals surface area contributed by atoms with E-state index < -0.39 is 11.4 Å². The van der Waals surface area contributed by atoms with E-state index in [1.807, 2.05) is 26.0 Å². The molecular weight excluding hydrogens is 264 g/mol. The first kappa shape index (κ1) is 15.8. The van der Waals surface area contributed by atoms with Crippen LogP contribution < -0.4 is 4.74 Å². The summed E-state index contributed by atoms with van der Waals surface area (Å²) in [5, 5.41) is 9.99. The van der Waals surface area contributed by atoms with Gasteiger partial charge in [0.05, 0.1) is 12.0 Å². The summed E-state index contributed by atoms with van der Waals surface area (Å²) in [6.45, 7) is 4.38. The Morgan fingerprint density at radius 2 is 1.84 bits per heavy atom. The van der Waals surface area contributed by atoms with Crippen molar-refractivity contribution in [1.82, 2.24) is 0 Å². The average Bonchev–Trinajstić information content (AvgIpc) is 2.41. The number of aliphatic carboxylic acids is 1. The lowest BCUT2D eigenvalue weighted by Crippen LogP contribution is -2.30. The summed E-state index contributed by atoms with van der Waals surface area (Å²) in [5.41, 5.74) is -0.608. The molecule has 3 nitrogen and oxygen atoms in total. The van der Waals surface area contributed by atoms with Crippen molar-refractivity contribution in [3.05, 3.63) is 29.3 Å². The molecule has 1 aromatic carbocycles. The standard InChI is InChI=1S/C15H21ClO3/c1-3-15(4-2,14(17)18)10-5-11-19-13-8-6-12(16)7-9-13/h6-9H,3-5,10-11H2,1-2H3,(H,17,18). The third-order valence-electron chi connectivity index (χ3n) is 3.69. The molecule has 1 rings (SSSR count). The summed E-state index contributed by atoms with van der Waals surface area (Å²) < 4.78 is 5.57. The van der Waals surface area contributed by atoms with Crippen molar-refractivity contribution in [3.63, 3.8) is 0 Å². The predicted octanol–water partition coefficient (Wildman–Crippen LogP) is 4.39. The van der Waals surface area contributed by atoms with Gasteiger partial charge in [0.2, 0.25) is 0 Å². The molecule has 4 heteroatoms. The maximum atomic E-state index is 11.3. The summed E-state index contributed by atoms with van der Waals surface area (Å²) in [6, 6.07) is 7.17. The molecule has 0 aromatic heterocycles. The Bertz CT molecular complexity index is 396. The van der Waals surface area contributed by atoms with Gasteiger partial charge in [-0.1, -0.05) is 25.4 Å². The first-order valence-electron chi connectivity index (χ1n) is 6.66. The molecule has 0 radical (unpaired) electrons. The molecule has 0 heterocycles. The molecule has 0 aliphatic rings. The quantitative estimate of drug-likeness (QED) is 0.720. The SMILES string of the molecule is CCC(CC)(CCCOc1ccc(Cl)cc1)C(=O)O. The van der Waals surface area contributed by atoms with Crippen LogP contribution >= 0.6 is 11.6 Å². The molecule has 0 unspecified atom stereocenters. The van der Waals surface area contributed by atoms with Crippen LogP contribution in [0.25, 0.3) is 0 Å². The molecule has 0 amide bonds. The van der Waals surface area contributed by atoms with Crippen molar-refractivity contribution in [1.29, 1.82) is 0 Å². The summed E-state index contributed by atoms with van der Waals surface area (Å²) in [4.78, 5) is 11.3. The highest BCUT2D eigenvalue weighted by Crippen LogP contribution is 2.32. The minimum absolute atomic E-state index is 0.524. The van der Waals surface area contributed by atoms with Gasteiger partial charge in [0.25, 0.3) is 0 Å². The zero-order valence-electron chi connectivity index (χ0n) is 11.5. The topological polar surface area (TPSA) is 46.5 Å². The second kappa shape index (κ2) is 7.39. The Kier molecular flexibility index (Phi) is 6.16. The summed E-state index contributed by atoms with van der Waals surface area (Å²) in [6.07, 6.45) is 2.68. The van der Waals surface area contributed by atoms with E-state index in [4.69, 9.17) is 16.3 Å². The van der Waals surface area contributed by atoms with E-state index in [0.29, 0.717) is 30.9 Å². The van der Waals surface area contributed by atoms with Gasteiger partial charge in [-0.15, -0.1) is 0 Å². The van der Waals surface area contributed by atoms with Crippen molar-refractivity contribution in [3.8, 4) is 5.75 Å². The van der Waals surface area contributed by atoms with E-state index in [-0.39, 0.29) is 0 Å². The number of ether oxygens (including phenoxy) is 1. The highest BCUT2D eigenvalue weighted by atomic mass is 35.5. The molecule has 19 heavy (non-hydrogen) atoms. The third kappa shape index (κ3) is 4.43. The highest BCUT2D eigenvalue weighted by molar-refractivity contribution is 6.30. The van der Waals surface area contributed by atoms with E-state index in [9.17, 15) is 9.90 Å². The Labute approximate surface area is 119 Å². The number of halogens is 1. The van der Waals surface area contributed by atoms with E-state index in [2.05, 4.69) is 0 Å². The Balaban J connectivity index is 2.41. The number of rotatable bonds is 8. The molecule has 0 atom stereocenters. The van der Waals surface area contributed by atoms with Gasteiger partial charge in [-0.25, -0.2) is 0 Å². The molecule has 0 aliphatic carbocycles. The normalized spacial score (nSPS) is 11.3.